The van der Waals surface area contributed by atoms with Crippen LogP contribution in [-0.4, -0.2) is 20.0 Å². The molecular formula is C10H13N5. The van der Waals surface area contributed by atoms with Gasteiger partial charge in [0.15, 0.2) is 0 Å². The maximum atomic E-state index is 5.85. The van der Waals surface area contributed by atoms with Gasteiger partial charge in [0.25, 0.3) is 0 Å². The molecule has 2 N–H and O–H groups in total. The number of pyridine rings is 1. The van der Waals surface area contributed by atoms with Crippen molar-refractivity contribution in [2.45, 2.75) is 19.9 Å². The number of nitrogens with two attached hydrogens (primary N) is 1. The number of hydrogen-bond acceptors (Lipinski definition) is 4. The van der Waals surface area contributed by atoms with E-state index in [1.807, 2.05) is 10.7 Å². The van der Waals surface area contributed by atoms with Crippen molar-refractivity contribution in [3.8, 4) is 11.3 Å². The van der Waals surface area contributed by atoms with Crippen molar-refractivity contribution in [3.05, 3.63) is 24.7 Å². The van der Waals surface area contributed by atoms with Crippen LogP contribution < -0.4 is 5.73 Å². The fourth-order valence-corrected chi connectivity index (χ4v) is 1.48. The number of nitrogen functional groups attached to an aromatic ring is 1. The minimum absolute atomic E-state index is 0.650. The van der Waals surface area contributed by atoms with Crippen molar-refractivity contribution >= 4 is 5.69 Å². The standard InChI is InChI=1S/C10H13N5/c1-2-5-15-10(7-13-14-15)8-3-4-12-6-9(8)11/h3-4,6-7H,2,5,11H2,1H3. The molecule has 0 spiro atoms. The molecule has 0 saturated carbocycles. The van der Waals surface area contributed by atoms with Crippen molar-refractivity contribution in [1.29, 1.82) is 0 Å². The van der Waals surface area contributed by atoms with Crippen LogP contribution in [0.4, 0.5) is 5.69 Å². The monoisotopic (exact) mass is 203 g/mol. The van der Waals surface area contributed by atoms with Crippen LogP contribution in [0.3, 0.4) is 0 Å². The average Bonchev–Trinajstić information content (AvgIpc) is 2.67. The Hall–Kier alpha value is -1.91. The Morgan fingerprint density at radius 1 is 1.40 bits per heavy atom. The van der Waals surface area contributed by atoms with Gasteiger partial charge in [0, 0.05) is 18.3 Å². The van der Waals surface area contributed by atoms with E-state index >= 15 is 0 Å². The summed E-state index contributed by atoms with van der Waals surface area (Å²) >= 11 is 0. The zero-order chi connectivity index (χ0) is 10.7. The van der Waals surface area contributed by atoms with Crippen LogP contribution in [0.5, 0.6) is 0 Å². The molecule has 0 unspecified atom stereocenters. The van der Waals surface area contributed by atoms with Gasteiger partial charge in [0.2, 0.25) is 0 Å². The van der Waals surface area contributed by atoms with E-state index in [1.54, 1.807) is 18.6 Å². The Kier molecular flexibility index (Phi) is 2.62. The highest BCUT2D eigenvalue weighted by molar-refractivity contribution is 5.72. The maximum absolute atomic E-state index is 5.85. The van der Waals surface area contributed by atoms with E-state index in [4.69, 9.17) is 5.73 Å². The number of aryl methyl sites for hydroxylation is 1. The van der Waals surface area contributed by atoms with Crippen molar-refractivity contribution in [2.24, 2.45) is 0 Å². The normalized spacial score (nSPS) is 10.5. The Labute approximate surface area is 87.9 Å². The third-order valence-electron chi connectivity index (χ3n) is 2.18. The molecule has 0 bridgehead atoms. The van der Waals surface area contributed by atoms with Crippen molar-refractivity contribution in [2.75, 3.05) is 5.73 Å². The molecule has 2 rings (SSSR count). The zero-order valence-electron chi connectivity index (χ0n) is 8.59. The summed E-state index contributed by atoms with van der Waals surface area (Å²) in [5.41, 5.74) is 8.37. The van der Waals surface area contributed by atoms with Crippen molar-refractivity contribution in [1.82, 2.24) is 20.0 Å². The molecule has 78 valence electrons. The Balaban J connectivity index is 2.45. The summed E-state index contributed by atoms with van der Waals surface area (Å²) in [5.74, 6) is 0. The van der Waals surface area contributed by atoms with Crippen LogP contribution in [0.1, 0.15) is 13.3 Å². The number of nitrogens with zero attached hydrogens (tertiary/aromatic N) is 4. The summed E-state index contributed by atoms with van der Waals surface area (Å²) in [6, 6.07) is 1.88. The number of hydrogen-bond donors (Lipinski definition) is 1. The van der Waals surface area contributed by atoms with Gasteiger partial charge in [-0.1, -0.05) is 12.1 Å². The lowest BCUT2D eigenvalue weighted by molar-refractivity contribution is 0.584. The molecule has 0 amide bonds. The molecule has 0 aromatic carbocycles. The predicted molar refractivity (Wildman–Crippen MR) is 58.0 cm³/mol. The summed E-state index contributed by atoms with van der Waals surface area (Å²) in [4.78, 5) is 3.96. The van der Waals surface area contributed by atoms with E-state index in [2.05, 4.69) is 22.2 Å². The van der Waals surface area contributed by atoms with E-state index in [0.29, 0.717) is 5.69 Å². The summed E-state index contributed by atoms with van der Waals surface area (Å²) in [6.07, 6.45) is 6.09. The summed E-state index contributed by atoms with van der Waals surface area (Å²) < 4.78 is 1.85. The second-order valence-corrected chi connectivity index (χ2v) is 3.31. The molecule has 2 aromatic rings. The van der Waals surface area contributed by atoms with Gasteiger partial charge < -0.3 is 5.73 Å². The zero-order valence-corrected chi connectivity index (χ0v) is 8.59. The Morgan fingerprint density at radius 2 is 2.27 bits per heavy atom. The van der Waals surface area contributed by atoms with E-state index in [-0.39, 0.29) is 0 Å². The first-order chi connectivity index (χ1) is 7.33. The number of anilines is 1. The fourth-order valence-electron chi connectivity index (χ4n) is 1.48. The fraction of sp³-hybridized carbons (Fsp3) is 0.300. The van der Waals surface area contributed by atoms with E-state index in [0.717, 1.165) is 24.2 Å². The van der Waals surface area contributed by atoms with Crippen molar-refractivity contribution in [3.63, 3.8) is 0 Å². The van der Waals surface area contributed by atoms with E-state index in [9.17, 15) is 0 Å². The maximum Gasteiger partial charge on any atom is 0.0907 e. The first-order valence-corrected chi connectivity index (χ1v) is 4.91. The highest BCUT2D eigenvalue weighted by atomic mass is 15.4. The highest BCUT2D eigenvalue weighted by Gasteiger charge is 2.08. The number of rotatable bonds is 3. The second-order valence-electron chi connectivity index (χ2n) is 3.31. The molecule has 0 aliphatic rings. The van der Waals surface area contributed by atoms with Crippen LogP contribution in [0, 0.1) is 0 Å². The third kappa shape index (κ3) is 1.81. The van der Waals surface area contributed by atoms with Gasteiger partial charge in [-0.2, -0.15) is 0 Å². The van der Waals surface area contributed by atoms with Crippen LogP contribution in [0.25, 0.3) is 11.3 Å². The minimum Gasteiger partial charge on any atom is -0.397 e. The lowest BCUT2D eigenvalue weighted by Gasteiger charge is -2.06. The van der Waals surface area contributed by atoms with Gasteiger partial charge in [0.05, 0.1) is 23.8 Å². The molecule has 0 atom stereocenters. The second kappa shape index (κ2) is 4.08. The molecule has 5 nitrogen and oxygen atoms in total. The molecule has 5 heteroatoms. The van der Waals surface area contributed by atoms with E-state index < -0.39 is 0 Å². The quantitative estimate of drug-likeness (QED) is 0.817. The Bertz CT molecular complexity index is 449. The first-order valence-electron chi connectivity index (χ1n) is 4.91. The smallest absolute Gasteiger partial charge is 0.0907 e. The van der Waals surface area contributed by atoms with Gasteiger partial charge in [-0.05, 0) is 12.5 Å². The summed E-state index contributed by atoms with van der Waals surface area (Å²) in [5, 5.41) is 7.91. The van der Waals surface area contributed by atoms with Crippen LogP contribution in [-0.2, 0) is 6.54 Å². The van der Waals surface area contributed by atoms with Gasteiger partial charge in [-0.25, -0.2) is 4.68 Å². The van der Waals surface area contributed by atoms with Gasteiger partial charge in [0.1, 0.15) is 0 Å². The van der Waals surface area contributed by atoms with Crippen LogP contribution in [0.15, 0.2) is 24.7 Å². The van der Waals surface area contributed by atoms with Crippen LogP contribution >= 0.6 is 0 Å². The number of aromatic nitrogens is 4. The van der Waals surface area contributed by atoms with E-state index in [1.165, 1.54) is 0 Å². The van der Waals surface area contributed by atoms with Crippen LogP contribution in [0.2, 0.25) is 0 Å². The third-order valence-corrected chi connectivity index (χ3v) is 2.18. The molecule has 2 heterocycles. The lowest BCUT2D eigenvalue weighted by Crippen LogP contribution is -2.03. The lowest BCUT2D eigenvalue weighted by atomic mass is 10.2. The minimum atomic E-state index is 0.650. The van der Waals surface area contributed by atoms with Gasteiger partial charge in [-0.3, -0.25) is 4.98 Å². The largest absolute Gasteiger partial charge is 0.397 e. The van der Waals surface area contributed by atoms with Gasteiger partial charge in [-0.15, -0.1) is 5.10 Å². The SMILES string of the molecule is CCCn1nncc1-c1ccncc1N. The predicted octanol–water partition coefficient (Wildman–Crippen LogP) is 1.33. The molecule has 0 radical (unpaired) electrons. The molecule has 0 fully saturated rings. The topological polar surface area (TPSA) is 69.6 Å². The highest BCUT2D eigenvalue weighted by Crippen LogP contribution is 2.23. The molecule has 0 saturated heterocycles. The van der Waals surface area contributed by atoms with Crippen molar-refractivity contribution < 1.29 is 0 Å². The molecule has 15 heavy (non-hydrogen) atoms. The first kappa shape index (κ1) is 9.64. The molecular weight excluding hydrogens is 190 g/mol. The Morgan fingerprint density at radius 3 is 3.00 bits per heavy atom. The summed E-state index contributed by atoms with van der Waals surface area (Å²) in [6.45, 7) is 2.94. The molecule has 0 aliphatic heterocycles. The average molecular weight is 203 g/mol. The summed E-state index contributed by atoms with van der Waals surface area (Å²) in [7, 11) is 0. The molecule has 0 aliphatic carbocycles. The molecule has 2 aromatic heterocycles. The van der Waals surface area contributed by atoms with Gasteiger partial charge >= 0.3 is 0 Å².